The Hall–Kier alpha value is -0.870. The summed E-state index contributed by atoms with van der Waals surface area (Å²) in [6.07, 6.45) is 1.43. The molecule has 1 N–H and O–H groups in total. The first kappa shape index (κ1) is 13.6. The molecule has 0 bridgehead atoms. The van der Waals surface area contributed by atoms with E-state index >= 15 is 0 Å². The Balaban J connectivity index is 1.82. The minimum Gasteiger partial charge on any atom is -0.340 e. The average Bonchev–Trinajstić information content (AvgIpc) is 2.38. The van der Waals surface area contributed by atoms with Crippen LogP contribution in [0.5, 0.6) is 0 Å². The van der Waals surface area contributed by atoms with Gasteiger partial charge in [0, 0.05) is 36.6 Å². The number of nitrogens with zero attached hydrogens (tertiary/aromatic N) is 1. The molecule has 1 aliphatic heterocycles. The van der Waals surface area contributed by atoms with E-state index in [0.29, 0.717) is 12.5 Å². The maximum Gasteiger partial charge on any atom is 0.222 e. The highest BCUT2D eigenvalue weighted by Crippen LogP contribution is 2.12. The second-order valence-corrected chi connectivity index (χ2v) is 5.74. The van der Waals surface area contributed by atoms with E-state index in [1.807, 2.05) is 17.0 Å². The van der Waals surface area contributed by atoms with Crippen molar-refractivity contribution in [3.8, 4) is 0 Å². The lowest BCUT2D eigenvalue weighted by molar-refractivity contribution is -0.132. The lowest BCUT2D eigenvalue weighted by atomic mass is 10.1. The summed E-state index contributed by atoms with van der Waals surface area (Å²) in [5.41, 5.74) is 1.22. The Bertz CT molecular complexity index is 405. The number of hydrogen-bond acceptors (Lipinski definition) is 2. The van der Waals surface area contributed by atoms with Crippen molar-refractivity contribution in [1.29, 1.82) is 0 Å². The lowest BCUT2D eigenvalue weighted by Gasteiger charge is -2.32. The first-order chi connectivity index (χ1) is 8.65. The van der Waals surface area contributed by atoms with E-state index in [9.17, 15) is 4.79 Å². The van der Waals surface area contributed by atoms with Gasteiger partial charge in [-0.3, -0.25) is 4.79 Å². The molecule has 0 aromatic heterocycles. The fourth-order valence-corrected chi connectivity index (χ4v) is 2.48. The van der Waals surface area contributed by atoms with E-state index < -0.39 is 0 Å². The predicted octanol–water partition coefficient (Wildman–Crippen LogP) is 2.20. The number of rotatable bonds is 3. The van der Waals surface area contributed by atoms with Crippen LogP contribution in [0.3, 0.4) is 0 Å². The maximum atomic E-state index is 12.1. The topological polar surface area (TPSA) is 32.3 Å². The van der Waals surface area contributed by atoms with Gasteiger partial charge in [0.25, 0.3) is 0 Å². The summed E-state index contributed by atoms with van der Waals surface area (Å²) in [6.45, 7) is 4.70. The monoisotopic (exact) mass is 310 g/mol. The van der Waals surface area contributed by atoms with Crippen LogP contribution in [0.2, 0.25) is 0 Å². The Morgan fingerprint density at radius 1 is 1.44 bits per heavy atom. The molecule has 1 aromatic rings. The summed E-state index contributed by atoms with van der Waals surface area (Å²) in [5, 5.41) is 3.35. The SMILES string of the molecule is C[C@H]1CN(C(=O)CCc2ccc(Br)cc2)CCN1. The molecule has 4 heteroatoms. The van der Waals surface area contributed by atoms with Crippen LogP contribution in [0, 0.1) is 0 Å². The summed E-state index contributed by atoms with van der Waals surface area (Å²) < 4.78 is 1.08. The van der Waals surface area contributed by atoms with Gasteiger partial charge in [-0.25, -0.2) is 0 Å². The van der Waals surface area contributed by atoms with Crippen molar-refractivity contribution in [2.75, 3.05) is 19.6 Å². The van der Waals surface area contributed by atoms with E-state index in [0.717, 1.165) is 30.5 Å². The van der Waals surface area contributed by atoms with Crippen molar-refractivity contribution in [2.45, 2.75) is 25.8 Å². The minimum atomic E-state index is 0.270. The van der Waals surface area contributed by atoms with Gasteiger partial charge in [-0.05, 0) is 31.0 Å². The largest absolute Gasteiger partial charge is 0.340 e. The predicted molar refractivity (Wildman–Crippen MR) is 76.5 cm³/mol. The molecule has 0 radical (unpaired) electrons. The fraction of sp³-hybridized carbons (Fsp3) is 0.500. The number of carbonyl (C=O) groups is 1. The summed E-state index contributed by atoms with van der Waals surface area (Å²) in [6, 6.07) is 8.59. The smallest absolute Gasteiger partial charge is 0.222 e. The number of aryl methyl sites for hydroxylation is 1. The van der Waals surface area contributed by atoms with Gasteiger partial charge in [0.1, 0.15) is 0 Å². The molecular formula is C14H19BrN2O. The van der Waals surface area contributed by atoms with E-state index in [2.05, 4.69) is 40.3 Å². The van der Waals surface area contributed by atoms with E-state index in [1.54, 1.807) is 0 Å². The summed E-state index contributed by atoms with van der Waals surface area (Å²) in [4.78, 5) is 14.0. The minimum absolute atomic E-state index is 0.270. The summed E-state index contributed by atoms with van der Waals surface area (Å²) in [5.74, 6) is 0.270. The molecule has 0 saturated carbocycles. The second-order valence-electron chi connectivity index (χ2n) is 4.82. The van der Waals surface area contributed by atoms with Crippen LogP contribution in [0.4, 0.5) is 0 Å². The quantitative estimate of drug-likeness (QED) is 0.928. The number of carbonyl (C=O) groups excluding carboxylic acids is 1. The van der Waals surface area contributed by atoms with Crippen LogP contribution >= 0.6 is 15.9 Å². The highest BCUT2D eigenvalue weighted by Gasteiger charge is 2.19. The van der Waals surface area contributed by atoms with Gasteiger partial charge in [0.15, 0.2) is 0 Å². The van der Waals surface area contributed by atoms with Gasteiger partial charge in [0.2, 0.25) is 5.91 Å². The molecule has 1 aliphatic rings. The van der Waals surface area contributed by atoms with Gasteiger partial charge in [-0.2, -0.15) is 0 Å². The zero-order valence-corrected chi connectivity index (χ0v) is 12.2. The van der Waals surface area contributed by atoms with Gasteiger partial charge in [0.05, 0.1) is 0 Å². The third-order valence-electron chi connectivity index (χ3n) is 3.26. The van der Waals surface area contributed by atoms with Crippen molar-refractivity contribution >= 4 is 21.8 Å². The third-order valence-corrected chi connectivity index (χ3v) is 3.79. The standard InChI is InChI=1S/C14H19BrN2O/c1-11-10-17(9-8-16-11)14(18)7-4-12-2-5-13(15)6-3-12/h2-3,5-6,11,16H,4,7-10H2,1H3/t11-/m0/s1. The molecule has 2 rings (SSSR count). The van der Waals surface area contributed by atoms with Crippen LogP contribution < -0.4 is 5.32 Å². The number of nitrogens with one attached hydrogen (secondary N) is 1. The Morgan fingerprint density at radius 2 is 2.17 bits per heavy atom. The van der Waals surface area contributed by atoms with Crippen LogP contribution in [0.15, 0.2) is 28.7 Å². The molecule has 1 saturated heterocycles. The lowest BCUT2D eigenvalue weighted by Crippen LogP contribution is -2.51. The van der Waals surface area contributed by atoms with Crippen molar-refractivity contribution in [1.82, 2.24) is 10.2 Å². The number of piperazine rings is 1. The Kier molecular flexibility index (Phi) is 4.78. The molecule has 0 aliphatic carbocycles. The molecule has 1 aromatic carbocycles. The van der Waals surface area contributed by atoms with E-state index in [-0.39, 0.29) is 5.91 Å². The molecule has 18 heavy (non-hydrogen) atoms. The van der Waals surface area contributed by atoms with Gasteiger partial charge in [-0.1, -0.05) is 28.1 Å². The Labute approximate surface area is 117 Å². The summed E-state index contributed by atoms with van der Waals surface area (Å²) in [7, 11) is 0. The number of halogens is 1. The average molecular weight is 311 g/mol. The van der Waals surface area contributed by atoms with E-state index in [1.165, 1.54) is 5.56 Å². The zero-order chi connectivity index (χ0) is 13.0. The molecule has 3 nitrogen and oxygen atoms in total. The zero-order valence-electron chi connectivity index (χ0n) is 10.7. The molecule has 1 atom stereocenters. The molecule has 1 fully saturated rings. The summed E-state index contributed by atoms with van der Waals surface area (Å²) >= 11 is 3.41. The van der Waals surface area contributed by atoms with Crippen molar-refractivity contribution in [2.24, 2.45) is 0 Å². The van der Waals surface area contributed by atoms with Crippen LogP contribution in [0.25, 0.3) is 0 Å². The molecule has 0 spiro atoms. The van der Waals surface area contributed by atoms with Crippen LogP contribution in [-0.2, 0) is 11.2 Å². The van der Waals surface area contributed by atoms with Gasteiger partial charge in [-0.15, -0.1) is 0 Å². The van der Waals surface area contributed by atoms with Gasteiger partial charge < -0.3 is 10.2 Å². The van der Waals surface area contributed by atoms with Crippen molar-refractivity contribution < 1.29 is 4.79 Å². The molecule has 98 valence electrons. The van der Waals surface area contributed by atoms with Crippen LogP contribution in [0.1, 0.15) is 18.9 Å². The molecule has 1 heterocycles. The van der Waals surface area contributed by atoms with Crippen molar-refractivity contribution in [3.05, 3.63) is 34.3 Å². The highest BCUT2D eigenvalue weighted by molar-refractivity contribution is 9.10. The van der Waals surface area contributed by atoms with Gasteiger partial charge >= 0.3 is 0 Å². The fourth-order valence-electron chi connectivity index (χ4n) is 2.22. The van der Waals surface area contributed by atoms with Crippen molar-refractivity contribution in [3.63, 3.8) is 0 Å². The molecule has 1 amide bonds. The number of hydrogen-bond donors (Lipinski definition) is 1. The maximum absolute atomic E-state index is 12.1. The normalized spacial score (nSPS) is 19.9. The molecular weight excluding hydrogens is 292 g/mol. The highest BCUT2D eigenvalue weighted by atomic mass is 79.9. The second kappa shape index (κ2) is 6.34. The number of benzene rings is 1. The Morgan fingerprint density at radius 3 is 2.83 bits per heavy atom. The molecule has 0 unspecified atom stereocenters. The number of amides is 1. The third kappa shape index (κ3) is 3.82. The van der Waals surface area contributed by atoms with Crippen LogP contribution in [-0.4, -0.2) is 36.5 Å². The first-order valence-electron chi connectivity index (χ1n) is 6.41. The van der Waals surface area contributed by atoms with E-state index in [4.69, 9.17) is 0 Å². The first-order valence-corrected chi connectivity index (χ1v) is 7.20.